The molecule has 4 aromatic rings. The van der Waals surface area contributed by atoms with Crippen LogP contribution in [0.2, 0.25) is 0 Å². The molecule has 1 N–H and O–H groups in total. The van der Waals surface area contributed by atoms with E-state index in [9.17, 15) is 18.0 Å². The van der Waals surface area contributed by atoms with Crippen molar-refractivity contribution in [2.45, 2.75) is 26.6 Å². The number of furan rings is 1. The zero-order chi connectivity index (χ0) is 21.5. The maximum absolute atomic E-state index is 12.8. The molecule has 1 aromatic carbocycles. The van der Waals surface area contributed by atoms with Gasteiger partial charge in [0.2, 0.25) is 0 Å². The van der Waals surface area contributed by atoms with E-state index in [1.54, 1.807) is 29.8 Å². The van der Waals surface area contributed by atoms with Crippen molar-refractivity contribution in [3.63, 3.8) is 0 Å². The molecule has 0 radical (unpaired) electrons. The largest absolute Gasteiger partial charge is 0.469 e. The molecule has 30 heavy (non-hydrogen) atoms. The Labute approximate surface area is 169 Å². The smallest absolute Gasteiger partial charge is 0.416 e. The molecule has 3 aromatic heterocycles. The lowest BCUT2D eigenvalue weighted by atomic mass is 10.1. The molecule has 1 amide bonds. The van der Waals surface area contributed by atoms with Crippen molar-refractivity contribution in [1.82, 2.24) is 14.8 Å². The minimum absolute atomic E-state index is 0.200. The van der Waals surface area contributed by atoms with E-state index in [0.29, 0.717) is 33.7 Å². The normalized spacial score (nSPS) is 11.8. The molecule has 9 heteroatoms. The van der Waals surface area contributed by atoms with Gasteiger partial charge in [0.05, 0.1) is 29.3 Å². The van der Waals surface area contributed by atoms with Crippen LogP contribution >= 0.6 is 0 Å². The van der Waals surface area contributed by atoms with E-state index >= 15 is 0 Å². The number of carbonyl (C=O) groups excluding carboxylic acids is 1. The van der Waals surface area contributed by atoms with Gasteiger partial charge in [-0.25, -0.2) is 9.67 Å². The molecular formula is C21H17F3N4O2. The first kappa shape index (κ1) is 19.7. The summed E-state index contributed by atoms with van der Waals surface area (Å²) in [5, 5.41) is 7.84. The Kier molecular flexibility index (Phi) is 4.81. The van der Waals surface area contributed by atoms with Crippen molar-refractivity contribution in [3.05, 3.63) is 76.9 Å². The number of pyridine rings is 1. The van der Waals surface area contributed by atoms with Crippen LogP contribution < -0.4 is 5.32 Å². The monoisotopic (exact) mass is 414 g/mol. The Morgan fingerprint density at radius 2 is 1.83 bits per heavy atom. The molecule has 0 bridgehead atoms. The number of halogens is 3. The molecule has 3 heterocycles. The van der Waals surface area contributed by atoms with Gasteiger partial charge in [0.1, 0.15) is 5.76 Å². The van der Waals surface area contributed by atoms with E-state index in [2.05, 4.69) is 15.4 Å². The average Bonchev–Trinajstić information content (AvgIpc) is 3.25. The predicted molar refractivity (Wildman–Crippen MR) is 104 cm³/mol. The summed E-state index contributed by atoms with van der Waals surface area (Å²) in [6.45, 7) is 3.70. The Bertz CT molecular complexity index is 1220. The fourth-order valence-electron chi connectivity index (χ4n) is 3.12. The summed E-state index contributed by atoms with van der Waals surface area (Å²) in [7, 11) is 0. The standard InChI is InChI=1S/C21H17F3N4O2/c1-12-3-8-17-18(26-20(29)16-9-10-30-13(16)2)27-28(19(17)25-12)11-14-4-6-15(7-5-14)21(22,23)24/h3-10H,11H2,1-2H3,(H,26,27,29). The van der Waals surface area contributed by atoms with Crippen LogP contribution in [0.3, 0.4) is 0 Å². The highest BCUT2D eigenvalue weighted by molar-refractivity contribution is 6.08. The van der Waals surface area contributed by atoms with Crippen molar-refractivity contribution in [3.8, 4) is 0 Å². The zero-order valence-electron chi connectivity index (χ0n) is 16.1. The predicted octanol–water partition coefficient (Wildman–Crippen LogP) is 4.96. The minimum Gasteiger partial charge on any atom is -0.469 e. The Balaban J connectivity index is 1.67. The summed E-state index contributed by atoms with van der Waals surface area (Å²) in [4.78, 5) is 17.0. The summed E-state index contributed by atoms with van der Waals surface area (Å²) < 4.78 is 45.1. The number of aryl methyl sites for hydroxylation is 2. The lowest BCUT2D eigenvalue weighted by molar-refractivity contribution is -0.137. The van der Waals surface area contributed by atoms with Crippen LogP contribution in [0.4, 0.5) is 19.0 Å². The van der Waals surface area contributed by atoms with Crippen LogP contribution in [0.1, 0.15) is 32.9 Å². The topological polar surface area (TPSA) is 73.0 Å². The molecule has 0 atom stereocenters. The number of hydrogen-bond donors (Lipinski definition) is 1. The quantitative estimate of drug-likeness (QED) is 0.512. The SMILES string of the molecule is Cc1ccc2c(NC(=O)c3ccoc3C)nn(Cc3ccc(C(F)(F)F)cc3)c2n1. The first-order valence-electron chi connectivity index (χ1n) is 9.08. The van der Waals surface area contributed by atoms with Crippen molar-refractivity contribution >= 4 is 22.8 Å². The van der Waals surface area contributed by atoms with Gasteiger partial charge >= 0.3 is 6.18 Å². The lowest BCUT2D eigenvalue weighted by Gasteiger charge is -2.08. The Morgan fingerprint density at radius 3 is 2.47 bits per heavy atom. The third-order valence-corrected chi connectivity index (χ3v) is 4.68. The van der Waals surface area contributed by atoms with Gasteiger partial charge in [0.25, 0.3) is 5.91 Å². The van der Waals surface area contributed by atoms with Gasteiger partial charge in [-0.15, -0.1) is 0 Å². The number of benzene rings is 1. The summed E-state index contributed by atoms with van der Waals surface area (Å²) in [6, 6.07) is 10.0. The van der Waals surface area contributed by atoms with Crippen LogP contribution in [0.5, 0.6) is 0 Å². The van der Waals surface area contributed by atoms with Gasteiger partial charge in [0, 0.05) is 5.69 Å². The maximum atomic E-state index is 12.8. The first-order chi connectivity index (χ1) is 14.2. The molecule has 0 spiro atoms. The number of fused-ring (bicyclic) bond motifs is 1. The van der Waals surface area contributed by atoms with Crippen LogP contribution in [0.15, 0.2) is 53.1 Å². The highest BCUT2D eigenvalue weighted by atomic mass is 19.4. The minimum atomic E-state index is -4.39. The van der Waals surface area contributed by atoms with E-state index in [4.69, 9.17) is 4.42 Å². The van der Waals surface area contributed by atoms with Crippen LogP contribution in [0, 0.1) is 13.8 Å². The van der Waals surface area contributed by atoms with Crippen molar-refractivity contribution < 1.29 is 22.4 Å². The number of amides is 1. The van der Waals surface area contributed by atoms with Crippen LogP contribution in [-0.2, 0) is 12.7 Å². The number of rotatable bonds is 4. The fourth-order valence-corrected chi connectivity index (χ4v) is 3.12. The first-order valence-corrected chi connectivity index (χ1v) is 9.08. The molecule has 0 fully saturated rings. The zero-order valence-corrected chi connectivity index (χ0v) is 16.1. The maximum Gasteiger partial charge on any atom is 0.416 e. The van der Waals surface area contributed by atoms with Gasteiger partial charge in [0.15, 0.2) is 11.5 Å². The van der Waals surface area contributed by atoms with Crippen molar-refractivity contribution in [1.29, 1.82) is 0 Å². The molecule has 6 nitrogen and oxygen atoms in total. The molecular weight excluding hydrogens is 397 g/mol. The van der Waals surface area contributed by atoms with Gasteiger partial charge in [-0.05, 0) is 49.7 Å². The number of hydrogen-bond acceptors (Lipinski definition) is 4. The molecule has 0 aliphatic rings. The van der Waals surface area contributed by atoms with E-state index in [-0.39, 0.29) is 12.5 Å². The van der Waals surface area contributed by atoms with Gasteiger partial charge in [-0.3, -0.25) is 4.79 Å². The molecule has 0 unspecified atom stereocenters. The van der Waals surface area contributed by atoms with Gasteiger partial charge in [-0.2, -0.15) is 18.3 Å². The van der Waals surface area contributed by atoms with Crippen LogP contribution in [0.25, 0.3) is 11.0 Å². The van der Waals surface area contributed by atoms with Gasteiger partial charge < -0.3 is 9.73 Å². The summed E-state index contributed by atoms with van der Waals surface area (Å²) in [5.41, 5.74) is 1.57. The van der Waals surface area contributed by atoms with E-state index in [1.165, 1.54) is 18.4 Å². The number of nitrogens with one attached hydrogen (secondary N) is 1. The number of anilines is 1. The molecule has 0 saturated carbocycles. The van der Waals surface area contributed by atoms with Crippen LogP contribution in [-0.4, -0.2) is 20.7 Å². The average molecular weight is 414 g/mol. The number of carbonyl (C=O) groups is 1. The summed E-state index contributed by atoms with van der Waals surface area (Å²) in [6.07, 6.45) is -2.96. The summed E-state index contributed by atoms with van der Waals surface area (Å²) >= 11 is 0. The molecule has 0 aliphatic carbocycles. The molecule has 0 saturated heterocycles. The second-order valence-electron chi connectivity index (χ2n) is 6.87. The third kappa shape index (κ3) is 3.78. The molecule has 4 rings (SSSR count). The second kappa shape index (κ2) is 7.33. The van der Waals surface area contributed by atoms with Gasteiger partial charge in [-0.1, -0.05) is 12.1 Å². The third-order valence-electron chi connectivity index (χ3n) is 4.68. The number of aromatic nitrogens is 3. The Hall–Kier alpha value is -3.62. The summed E-state index contributed by atoms with van der Waals surface area (Å²) in [5.74, 6) is 0.424. The lowest BCUT2D eigenvalue weighted by Crippen LogP contribution is -2.13. The Morgan fingerprint density at radius 1 is 1.10 bits per heavy atom. The van der Waals surface area contributed by atoms with E-state index in [1.807, 2.05) is 6.92 Å². The molecule has 154 valence electrons. The number of alkyl halides is 3. The fraction of sp³-hybridized carbons (Fsp3) is 0.190. The van der Waals surface area contributed by atoms with E-state index < -0.39 is 11.7 Å². The number of nitrogens with zero attached hydrogens (tertiary/aromatic N) is 3. The van der Waals surface area contributed by atoms with Crippen molar-refractivity contribution in [2.24, 2.45) is 0 Å². The highest BCUT2D eigenvalue weighted by Gasteiger charge is 2.30. The highest BCUT2D eigenvalue weighted by Crippen LogP contribution is 2.29. The molecule has 0 aliphatic heterocycles. The van der Waals surface area contributed by atoms with E-state index in [0.717, 1.165) is 17.8 Å². The second-order valence-corrected chi connectivity index (χ2v) is 6.87. The van der Waals surface area contributed by atoms with Crippen molar-refractivity contribution in [2.75, 3.05) is 5.32 Å².